The molecule has 2 atom stereocenters. The molecule has 0 aromatic heterocycles. The lowest BCUT2D eigenvalue weighted by Gasteiger charge is -2.21. The number of methoxy groups -OCH3 is 1. The van der Waals surface area contributed by atoms with Crippen molar-refractivity contribution >= 4 is 35.9 Å². The van der Waals surface area contributed by atoms with E-state index in [9.17, 15) is 4.79 Å². The Balaban J connectivity index is 0.00000264. The fourth-order valence-corrected chi connectivity index (χ4v) is 2.93. The number of aryl methyl sites for hydroxylation is 1. The summed E-state index contributed by atoms with van der Waals surface area (Å²) >= 11 is 0. The van der Waals surface area contributed by atoms with Crippen LogP contribution in [0.4, 0.5) is 0 Å². The molecule has 6 heteroatoms. The van der Waals surface area contributed by atoms with Gasteiger partial charge in [-0.2, -0.15) is 0 Å². The first kappa shape index (κ1) is 19.7. The average Bonchev–Trinajstić information content (AvgIpc) is 2.89. The van der Waals surface area contributed by atoms with E-state index >= 15 is 0 Å². The highest BCUT2D eigenvalue weighted by atomic mass is 127. The van der Waals surface area contributed by atoms with Crippen LogP contribution in [-0.4, -0.2) is 44.1 Å². The van der Waals surface area contributed by atoms with Crippen LogP contribution in [0.25, 0.3) is 0 Å². The molecule has 0 radical (unpaired) electrons. The number of nitrogens with zero attached hydrogens (tertiary/aromatic N) is 2. The number of benzene rings is 1. The Bertz CT molecular complexity index is 563. The zero-order valence-corrected chi connectivity index (χ0v) is 16.5. The average molecular weight is 431 g/mol. The number of esters is 1. The maximum absolute atomic E-state index is 11.8. The molecule has 0 spiro atoms. The Morgan fingerprint density at radius 2 is 2.17 bits per heavy atom. The maximum atomic E-state index is 11.8. The van der Waals surface area contributed by atoms with E-state index in [0.29, 0.717) is 6.54 Å². The van der Waals surface area contributed by atoms with Gasteiger partial charge < -0.3 is 15.0 Å². The second-order valence-electron chi connectivity index (χ2n) is 5.90. The van der Waals surface area contributed by atoms with Crippen LogP contribution in [0.3, 0.4) is 0 Å². The predicted molar refractivity (Wildman–Crippen MR) is 103 cm³/mol. The fourth-order valence-electron chi connectivity index (χ4n) is 2.93. The van der Waals surface area contributed by atoms with Gasteiger partial charge in [0.1, 0.15) is 0 Å². The number of hydrogen-bond donors (Lipinski definition) is 1. The summed E-state index contributed by atoms with van der Waals surface area (Å²) in [6.07, 6.45) is 0. The molecular weight excluding hydrogens is 405 g/mol. The van der Waals surface area contributed by atoms with E-state index in [4.69, 9.17) is 4.74 Å². The summed E-state index contributed by atoms with van der Waals surface area (Å²) in [6, 6.07) is 8.39. The SMILES string of the molecule is CN=C(NCc1cccc(C)c1)N1CC(C)C(C(=O)OC)C1.I. The first-order chi connectivity index (χ1) is 10.5. The minimum atomic E-state index is -0.135. The van der Waals surface area contributed by atoms with Gasteiger partial charge in [0, 0.05) is 26.7 Å². The van der Waals surface area contributed by atoms with Gasteiger partial charge >= 0.3 is 5.97 Å². The third kappa shape index (κ3) is 5.09. The zero-order valence-electron chi connectivity index (χ0n) is 14.2. The molecule has 1 aromatic rings. The summed E-state index contributed by atoms with van der Waals surface area (Å²) in [5.41, 5.74) is 2.47. The molecule has 1 saturated heterocycles. The molecule has 1 aliphatic rings. The number of halogens is 1. The van der Waals surface area contributed by atoms with Crippen LogP contribution in [0.15, 0.2) is 29.3 Å². The first-order valence-corrected chi connectivity index (χ1v) is 7.64. The van der Waals surface area contributed by atoms with E-state index in [1.165, 1.54) is 18.2 Å². The number of carbonyl (C=O) groups is 1. The van der Waals surface area contributed by atoms with E-state index in [2.05, 4.69) is 53.3 Å². The largest absolute Gasteiger partial charge is 0.469 e. The topological polar surface area (TPSA) is 53.9 Å². The third-order valence-electron chi connectivity index (χ3n) is 4.16. The number of aliphatic imine (C=N–C) groups is 1. The van der Waals surface area contributed by atoms with Gasteiger partial charge in [-0.25, -0.2) is 0 Å². The fraction of sp³-hybridized carbons (Fsp3) is 0.529. The molecule has 5 nitrogen and oxygen atoms in total. The van der Waals surface area contributed by atoms with Crippen LogP contribution in [0.2, 0.25) is 0 Å². The summed E-state index contributed by atoms with van der Waals surface area (Å²) in [6.45, 7) is 6.35. The van der Waals surface area contributed by atoms with Gasteiger partial charge in [-0.3, -0.25) is 9.79 Å². The molecule has 2 rings (SSSR count). The molecule has 0 aliphatic carbocycles. The predicted octanol–water partition coefficient (Wildman–Crippen LogP) is 2.43. The normalized spacial score (nSPS) is 20.9. The van der Waals surface area contributed by atoms with E-state index in [1.54, 1.807) is 7.05 Å². The van der Waals surface area contributed by atoms with Crippen molar-refractivity contribution in [3.05, 3.63) is 35.4 Å². The summed E-state index contributed by atoms with van der Waals surface area (Å²) in [5.74, 6) is 0.886. The number of ether oxygens (including phenoxy) is 1. The second-order valence-corrected chi connectivity index (χ2v) is 5.90. The summed E-state index contributed by atoms with van der Waals surface area (Å²) in [4.78, 5) is 18.3. The van der Waals surface area contributed by atoms with Crippen LogP contribution in [0.5, 0.6) is 0 Å². The highest BCUT2D eigenvalue weighted by Crippen LogP contribution is 2.24. The minimum Gasteiger partial charge on any atom is -0.469 e. The van der Waals surface area contributed by atoms with Gasteiger partial charge in [0.25, 0.3) is 0 Å². The molecule has 1 N–H and O–H groups in total. The van der Waals surface area contributed by atoms with Crippen molar-refractivity contribution in [1.82, 2.24) is 10.2 Å². The molecule has 23 heavy (non-hydrogen) atoms. The Labute approximate surface area is 155 Å². The molecule has 1 heterocycles. The van der Waals surface area contributed by atoms with Crippen LogP contribution in [-0.2, 0) is 16.1 Å². The quantitative estimate of drug-likeness (QED) is 0.346. The van der Waals surface area contributed by atoms with Crippen LogP contribution < -0.4 is 5.32 Å². The minimum absolute atomic E-state index is 0. The Morgan fingerprint density at radius 3 is 2.78 bits per heavy atom. The second kappa shape index (κ2) is 9.10. The third-order valence-corrected chi connectivity index (χ3v) is 4.16. The Morgan fingerprint density at radius 1 is 1.43 bits per heavy atom. The molecule has 0 saturated carbocycles. The number of carbonyl (C=O) groups excluding carboxylic acids is 1. The van der Waals surface area contributed by atoms with E-state index in [-0.39, 0.29) is 41.8 Å². The van der Waals surface area contributed by atoms with Crippen LogP contribution in [0, 0.1) is 18.8 Å². The van der Waals surface area contributed by atoms with Crippen LogP contribution in [0.1, 0.15) is 18.1 Å². The molecule has 1 aliphatic heterocycles. The van der Waals surface area contributed by atoms with Crippen molar-refractivity contribution in [3.8, 4) is 0 Å². The molecule has 0 bridgehead atoms. The van der Waals surface area contributed by atoms with E-state index < -0.39 is 0 Å². The number of hydrogen-bond acceptors (Lipinski definition) is 3. The smallest absolute Gasteiger partial charge is 0.310 e. The van der Waals surface area contributed by atoms with Gasteiger partial charge in [-0.05, 0) is 18.4 Å². The lowest BCUT2D eigenvalue weighted by atomic mass is 9.99. The molecular formula is C17H26IN3O2. The summed E-state index contributed by atoms with van der Waals surface area (Å²) in [5, 5.41) is 3.38. The lowest BCUT2D eigenvalue weighted by Crippen LogP contribution is -2.40. The van der Waals surface area contributed by atoms with E-state index in [1.807, 2.05) is 0 Å². The molecule has 2 unspecified atom stereocenters. The standard InChI is InChI=1S/C17H25N3O2.HI/c1-12-6-5-7-14(8-12)9-19-17(18-3)20-10-13(2)15(11-20)16(21)22-4;/h5-8,13,15H,9-11H2,1-4H3,(H,18,19);1H. The monoisotopic (exact) mass is 431 g/mol. The summed E-state index contributed by atoms with van der Waals surface area (Å²) in [7, 11) is 3.22. The van der Waals surface area contributed by atoms with Gasteiger partial charge in [-0.1, -0.05) is 36.8 Å². The number of rotatable bonds is 3. The van der Waals surface area contributed by atoms with Gasteiger partial charge in [0.15, 0.2) is 5.96 Å². The highest BCUT2D eigenvalue weighted by molar-refractivity contribution is 14.0. The Hall–Kier alpha value is -1.31. The Kier molecular flexibility index (Phi) is 7.81. The van der Waals surface area contributed by atoms with Crippen molar-refractivity contribution in [2.24, 2.45) is 16.8 Å². The number of nitrogens with one attached hydrogen (secondary N) is 1. The van der Waals surface area contributed by atoms with Gasteiger partial charge in [0.2, 0.25) is 0 Å². The van der Waals surface area contributed by atoms with Crippen molar-refractivity contribution in [2.45, 2.75) is 20.4 Å². The lowest BCUT2D eigenvalue weighted by molar-refractivity contribution is -0.145. The maximum Gasteiger partial charge on any atom is 0.310 e. The number of likely N-dealkylation sites (tertiary alicyclic amines) is 1. The van der Waals surface area contributed by atoms with Crippen molar-refractivity contribution in [2.75, 3.05) is 27.2 Å². The first-order valence-electron chi connectivity index (χ1n) is 7.64. The van der Waals surface area contributed by atoms with Crippen molar-refractivity contribution in [1.29, 1.82) is 0 Å². The summed E-state index contributed by atoms with van der Waals surface area (Å²) < 4.78 is 4.88. The van der Waals surface area contributed by atoms with E-state index in [0.717, 1.165) is 19.0 Å². The highest BCUT2D eigenvalue weighted by Gasteiger charge is 2.36. The van der Waals surface area contributed by atoms with Gasteiger partial charge in [0.05, 0.1) is 13.0 Å². The van der Waals surface area contributed by atoms with Crippen molar-refractivity contribution in [3.63, 3.8) is 0 Å². The molecule has 0 amide bonds. The van der Waals surface area contributed by atoms with Gasteiger partial charge in [-0.15, -0.1) is 24.0 Å². The zero-order chi connectivity index (χ0) is 16.1. The molecule has 1 fully saturated rings. The molecule has 1 aromatic carbocycles. The van der Waals surface area contributed by atoms with Crippen LogP contribution >= 0.6 is 24.0 Å². The van der Waals surface area contributed by atoms with Crippen molar-refractivity contribution < 1.29 is 9.53 Å². The number of guanidine groups is 1. The molecule has 128 valence electrons.